The predicted molar refractivity (Wildman–Crippen MR) is 407 cm³/mol. The molecule has 1 N–H and O–H groups in total. The first kappa shape index (κ1) is 85.9. The van der Waals surface area contributed by atoms with Gasteiger partial charge in [-0.25, -0.2) is 0 Å². The molecule has 0 fully saturated rings. The van der Waals surface area contributed by atoms with Gasteiger partial charge in [0, 0.05) is 124 Å². The molecule has 4 radical (unpaired) electrons. The van der Waals surface area contributed by atoms with Crippen molar-refractivity contribution >= 4 is 5.78 Å². The van der Waals surface area contributed by atoms with Gasteiger partial charge < -0.3 is 35.0 Å². The van der Waals surface area contributed by atoms with E-state index in [1.54, 1.807) is 12.4 Å². The zero-order chi connectivity index (χ0) is 70.1. The van der Waals surface area contributed by atoms with Gasteiger partial charge in [0.25, 0.3) is 0 Å². The number of hydrogen-bond donors (Lipinski definition) is 1. The van der Waals surface area contributed by atoms with Crippen LogP contribution in [0.25, 0.3) is 89.8 Å². The second-order valence-corrected chi connectivity index (χ2v) is 23.5. The molecule has 0 aliphatic carbocycles. The van der Waals surface area contributed by atoms with Crippen LogP contribution in [0.3, 0.4) is 0 Å². The number of nitrogens with zero attached hydrogens (tertiary/aromatic N) is 6. The van der Waals surface area contributed by atoms with Gasteiger partial charge in [-0.1, -0.05) is 133 Å². The Labute approximate surface area is 663 Å². The van der Waals surface area contributed by atoms with Gasteiger partial charge in [0.05, 0.1) is 5.76 Å². The zero-order valence-corrected chi connectivity index (χ0v) is 68.7. The van der Waals surface area contributed by atoms with Gasteiger partial charge in [-0.3, -0.25) is 4.79 Å². The van der Waals surface area contributed by atoms with Gasteiger partial charge in [-0.2, -0.15) is 0 Å². The first-order valence-corrected chi connectivity index (χ1v) is 32.5. The van der Waals surface area contributed by atoms with Crippen LogP contribution in [0, 0.1) is 91.8 Å². The normalized spacial score (nSPS) is 9.86. The summed E-state index contributed by atoms with van der Waals surface area (Å²) >= 11 is 0. The number of hydrogen-bond acceptors (Lipinski definition) is 8. The monoisotopic (exact) mass is 2060 g/mol. The summed E-state index contributed by atoms with van der Waals surface area (Å²) in [5.74, 6) is -0.0625. The third-order valence-corrected chi connectivity index (χ3v) is 14.6. The fraction of sp³-hybridized carbons (Fsp3) is 0.110. The topological polar surface area (TPSA) is 115 Å². The van der Waals surface area contributed by atoms with E-state index in [1.165, 1.54) is 86.7 Å². The van der Waals surface area contributed by atoms with Crippen molar-refractivity contribution in [3.63, 3.8) is 0 Å². The number of rotatable bonds is 9. The quantitative estimate of drug-likeness (QED) is 0.0863. The molecule has 8 nitrogen and oxygen atoms in total. The minimum atomic E-state index is -0.125. The first-order chi connectivity index (χ1) is 48.0. The van der Waals surface area contributed by atoms with E-state index in [1.807, 2.05) is 208 Å². The number of aliphatic hydroxyl groups excluding tert-OH is 1. The Hall–Kier alpha value is -9.53. The molecule has 0 bridgehead atoms. The van der Waals surface area contributed by atoms with Crippen LogP contribution < -0.4 is 0 Å². The minimum absolute atomic E-state index is 0. The Balaban J connectivity index is 0.000000258. The Kier molecular flexibility index (Phi) is 38.5. The summed E-state index contributed by atoms with van der Waals surface area (Å²) in [7, 11) is 0. The molecule has 0 saturated heterocycles. The van der Waals surface area contributed by atoms with Crippen LogP contribution >= 0.6 is 0 Å². The Morgan fingerprint density at radius 2 is 0.602 bits per heavy atom. The van der Waals surface area contributed by atoms with Gasteiger partial charge in [-0.05, 0) is 147 Å². The molecule has 528 valence electrons. The van der Waals surface area contributed by atoms with E-state index in [0.717, 1.165) is 67.5 Å². The van der Waals surface area contributed by atoms with Gasteiger partial charge in [0.1, 0.15) is 0 Å². The molecule has 0 unspecified atom stereocenters. The molecule has 0 atom stereocenters. The number of benzene rings is 8. The number of allylic oxidation sites excluding steroid dienone is 2. The molecule has 0 aliphatic heterocycles. The van der Waals surface area contributed by atoms with Crippen LogP contribution in [-0.2, 0) is 85.2 Å². The SMILES string of the molecule is CC(=O)C=C(C)O.Cc1c[c-]c(-c2ccc(C)cn2)cc1.Cc1c[c-]c(-c2ccc(C)cn2)cc1.Cc1cc(C)cc(-c2ccnc(-c3[c-]cccc3)c2)c1.Cc1cc(C)cc(-c2ccnc(-c3[c-]cccc3)c2)c1.[Ir].[Ir].[Ir].[Ir].[c-]1ccccc1-c1ccccn1.[c-]1ccccc1-c1ccccn1. The molecule has 6 aromatic heterocycles. The fourth-order valence-electron chi connectivity index (χ4n) is 9.92. The molecule has 12 heteroatoms. The maximum absolute atomic E-state index is 10.0. The molecule has 0 spiro atoms. The van der Waals surface area contributed by atoms with Crippen molar-refractivity contribution in [3.05, 3.63) is 385 Å². The molecule has 14 rings (SSSR count). The van der Waals surface area contributed by atoms with E-state index in [2.05, 4.69) is 193 Å². The zero-order valence-electron chi connectivity index (χ0n) is 59.2. The van der Waals surface area contributed by atoms with Gasteiger partial charge in [0.15, 0.2) is 5.78 Å². The number of aryl methyl sites for hydroxylation is 8. The van der Waals surface area contributed by atoms with Crippen molar-refractivity contribution in [1.82, 2.24) is 29.9 Å². The first-order valence-electron chi connectivity index (χ1n) is 32.5. The maximum atomic E-state index is 10.0. The average molecular weight is 2060 g/mol. The summed E-state index contributed by atoms with van der Waals surface area (Å²) in [4.78, 5) is 36.0. The van der Waals surface area contributed by atoms with Crippen LogP contribution in [0.2, 0.25) is 0 Å². The van der Waals surface area contributed by atoms with Crippen molar-refractivity contribution < 1.29 is 90.3 Å². The molecule has 8 aromatic carbocycles. The second kappa shape index (κ2) is 46.2. The molecule has 0 aliphatic rings. The van der Waals surface area contributed by atoms with E-state index < -0.39 is 0 Å². The summed E-state index contributed by atoms with van der Waals surface area (Å²) in [6, 6.07) is 104. The summed E-state index contributed by atoms with van der Waals surface area (Å²) in [6.45, 7) is 19.6. The van der Waals surface area contributed by atoms with Crippen molar-refractivity contribution in [2.45, 2.75) is 69.2 Å². The smallest absolute Gasteiger partial charge is 0.155 e. The van der Waals surface area contributed by atoms with Crippen LogP contribution in [-0.4, -0.2) is 40.8 Å². The third kappa shape index (κ3) is 30.1. The number of pyridine rings is 6. The van der Waals surface area contributed by atoms with Crippen molar-refractivity contribution in [2.24, 2.45) is 0 Å². The minimum Gasteiger partial charge on any atom is -0.512 e. The maximum Gasteiger partial charge on any atom is 0.155 e. The van der Waals surface area contributed by atoms with Gasteiger partial charge in [0.2, 0.25) is 0 Å². The molecule has 0 saturated carbocycles. The van der Waals surface area contributed by atoms with E-state index >= 15 is 0 Å². The summed E-state index contributed by atoms with van der Waals surface area (Å²) < 4.78 is 0. The largest absolute Gasteiger partial charge is 0.512 e. The van der Waals surface area contributed by atoms with E-state index in [-0.39, 0.29) is 92.0 Å². The number of carbonyl (C=O) groups is 1. The van der Waals surface area contributed by atoms with Crippen molar-refractivity contribution in [2.75, 3.05) is 0 Å². The second-order valence-electron chi connectivity index (χ2n) is 23.5. The molecular formula is C91H80Ir4N6O2-6. The predicted octanol–water partition coefficient (Wildman–Crippen LogP) is 22.1. The van der Waals surface area contributed by atoms with Gasteiger partial charge in [-0.15, -0.1) is 214 Å². The van der Waals surface area contributed by atoms with Crippen molar-refractivity contribution in [3.8, 4) is 89.8 Å². The van der Waals surface area contributed by atoms with E-state index in [0.29, 0.717) is 0 Å². The van der Waals surface area contributed by atoms with E-state index in [4.69, 9.17) is 5.11 Å². The number of aromatic nitrogens is 6. The molecule has 6 heterocycles. The van der Waals surface area contributed by atoms with E-state index in [9.17, 15) is 4.79 Å². The number of ketones is 1. The summed E-state index contributed by atoms with van der Waals surface area (Å²) in [5.41, 5.74) is 26.9. The summed E-state index contributed by atoms with van der Waals surface area (Å²) in [6.07, 6.45) is 12.2. The number of aliphatic hydroxyl groups is 1. The average Bonchev–Trinajstić information content (AvgIpc) is 0.877. The fourth-order valence-corrected chi connectivity index (χ4v) is 9.92. The standard InChI is InChI=1S/2C19H16N.2C13H12N.2C11H8N.C5H8O2.4Ir/c2*1-14-10-15(2)12-18(11-14)17-8-9-20-19(13-17)16-6-4-3-5-7-16;2*1-10-3-6-12(7-4-10)13-8-5-11(2)9-14-13;2*1-2-6-10(7-3-1)11-8-4-5-9-12-11;1-4(6)3-5(2)7;;;;/h2*3-6,8-13H,1-2H3;2*3-6,8-9H,1-2H3;2*1-6,8-9H;3,6H,1-2H3;;;;/q6*-1;;;;;. The van der Waals surface area contributed by atoms with Crippen LogP contribution in [0.1, 0.15) is 58.4 Å². The van der Waals surface area contributed by atoms with Crippen LogP contribution in [0.4, 0.5) is 0 Å². The molecule has 14 aromatic rings. The molecule has 103 heavy (non-hydrogen) atoms. The van der Waals surface area contributed by atoms with Crippen LogP contribution in [0.15, 0.2) is 304 Å². The Bertz CT molecular complexity index is 4250. The molecule has 0 amide bonds. The Morgan fingerprint density at radius 3 is 0.864 bits per heavy atom. The summed E-state index contributed by atoms with van der Waals surface area (Å²) in [5, 5.41) is 8.36. The van der Waals surface area contributed by atoms with Crippen molar-refractivity contribution in [1.29, 1.82) is 0 Å². The van der Waals surface area contributed by atoms with Gasteiger partial charge >= 0.3 is 0 Å². The Morgan fingerprint density at radius 1 is 0.291 bits per heavy atom. The number of carbonyl (C=O) groups excluding carboxylic acids is 1. The molecular weight excluding hydrogens is 1980 g/mol. The van der Waals surface area contributed by atoms with Crippen LogP contribution in [0.5, 0.6) is 0 Å². The third-order valence-electron chi connectivity index (χ3n) is 14.6.